The van der Waals surface area contributed by atoms with Crippen molar-refractivity contribution in [1.29, 1.82) is 0 Å². The molecule has 0 bridgehead atoms. The van der Waals surface area contributed by atoms with Gasteiger partial charge in [-0.25, -0.2) is 4.79 Å². The average Bonchev–Trinajstić information content (AvgIpc) is 2.27. The van der Waals surface area contributed by atoms with E-state index in [1.54, 1.807) is 0 Å². The van der Waals surface area contributed by atoms with Crippen LogP contribution in [0, 0.1) is 0 Å². The molecule has 0 saturated heterocycles. The Morgan fingerprint density at radius 2 is 1.53 bits per heavy atom. The van der Waals surface area contributed by atoms with Crippen LogP contribution in [-0.4, -0.2) is 58.2 Å². The standard InChI is InChI=1S/C9H21NO6Si/c1-5-14-17(15-6-2,16-7-3)8-13-10(4)9(11)12/h5-8H2,1-4H3,(H,11,12). The Balaban J connectivity index is 4.47. The summed E-state index contributed by atoms with van der Waals surface area (Å²) in [4.78, 5) is 15.6. The lowest BCUT2D eigenvalue weighted by Crippen LogP contribution is -2.52. The van der Waals surface area contributed by atoms with Gasteiger partial charge in [0.25, 0.3) is 0 Å². The Morgan fingerprint density at radius 1 is 1.12 bits per heavy atom. The van der Waals surface area contributed by atoms with Gasteiger partial charge < -0.3 is 18.4 Å². The molecule has 0 aliphatic carbocycles. The number of hydroxylamine groups is 2. The highest BCUT2D eigenvalue weighted by Gasteiger charge is 2.42. The van der Waals surface area contributed by atoms with Crippen LogP contribution in [0.3, 0.4) is 0 Å². The van der Waals surface area contributed by atoms with E-state index in [0.717, 1.165) is 0 Å². The molecule has 1 amide bonds. The summed E-state index contributed by atoms with van der Waals surface area (Å²) in [5.41, 5.74) is 0. The zero-order valence-corrected chi connectivity index (χ0v) is 11.8. The van der Waals surface area contributed by atoms with Crippen LogP contribution in [0.25, 0.3) is 0 Å². The van der Waals surface area contributed by atoms with Gasteiger partial charge >= 0.3 is 14.9 Å². The van der Waals surface area contributed by atoms with Crippen molar-refractivity contribution in [3.05, 3.63) is 0 Å². The lowest BCUT2D eigenvalue weighted by Gasteiger charge is -2.28. The van der Waals surface area contributed by atoms with Gasteiger partial charge in [-0.3, -0.25) is 4.84 Å². The predicted molar refractivity (Wildman–Crippen MR) is 62.4 cm³/mol. The number of nitrogens with zero attached hydrogens (tertiary/aromatic N) is 1. The molecule has 0 aliphatic rings. The predicted octanol–water partition coefficient (Wildman–Crippen LogP) is 1.12. The van der Waals surface area contributed by atoms with E-state index in [1.807, 2.05) is 20.8 Å². The van der Waals surface area contributed by atoms with Crippen molar-refractivity contribution in [2.75, 3.05) is 33.1 Å². The quantitative estimate of drug-likeness (QED) is 0.498. The molecule has 0 fully saturated rings. The lowest BCUT2D eigenvalue weighted by molar-refractivity contribution is -0.114. The zero-order chi connectivity index (χ0) is 13.3. The van der Waals surface area contributed by atoms with Crippen LogP contribution in [0.15, 0.2) is 0 Å². The van der Waals surface area contributed by atoms with E-state index < -0.39 is 14.9 Å². The van der Waals surface area contributed by atoms with Crippen LogP contribution < -0.4 is 0 Å². The smallest absolute Gasteiger partial charge is 0.463 e. The second-order valence-electron chi connectivity index (χ2n) is 3.04. The summed E-state index contributed by atoms with van der Waals surface area (Å²) >= 11 is 0. The minimum absolute atomic E-state index is 0.0225. The van der Waals surface area contributed by atoms with Crippen molar-refractivity contribution in [3.8, 4) is 0 Å². The van der Waals surface area contributed by atoms with E-state index in [1.165, 1.54) is 7.05 Å². The Hall–Kier alpha value is -0.673. The third-order valence-corrected chi connectivity index (χ3v) is 4.47. The largest absolute Gasteiger partial charge is 0.530 e. The van der Waals surface area contributed by atoms with Crippen LogP contribution in [0.4, 0.5) is 4.79 Å². The molecular formula is C9H21NO6Si. The van der Waals surface area contributed by atoms with Gasteiger partial charge in [-0.2, -0.15) is 5.06 Å². The normalized spacial score (nSPS) is 11.5. The van der Waals surface area contributed by atoms with E-state index in [0.29, 0.717) is 24.9 Å². The molecule has 0 radical (unpaired) electrons. The van der Waals surface area contributed by atoms with Crippen LogP contribution in [0.2, 0.25) is 0 Å². The molecule has 8 heteroatoms. The molecular weight excluding hydrogens is 246 g/mol. The first-order chi connectivity index (χ1) is 8.01. The fourth-order valence-electron chi connectivity index (χ4n) is 1.14. The molecule has 0 atom stereocenters. The van der Waals surface area contributed by atoms with E-state index in [4.69, 9.17) is 23.2 Å². The molecule has 0 unspecified atom stereocenters. The maximum absolute atomic E-state index is 10.6. The van der Waals surface area contributed by atoms with Crippen molar-refractivity contribution in [2.45, 2.75) is 20.8 Å². The maximum Gasteiger partial charge on any atom is 0.530 e. The molecule has 7 nitrogen and oxygen atoms in total. The summed E-state index contributed by atoms with van der Waals surface area (Å²) < 4.78 is 16.5. The van der Waals surface area contributed by atoms with Crippen molar-refractivity contribution >= 4 is 14.9 Å². The minimum Gasteiger partial charge on any atom is -0.463 e. The fourth-order valence-corrected chi connectivity index (χ4v) is 3.31. The van der Waals surface area contributed by atoms with Crippen LogP contribution in [0.1, 0.15) is 20.8 Å². The summed E-state index contributed by atoms with van der Waals surface area (Å²) in [6, 6.07) is 0. The average molecular weight is 267 g/mol. The summed E-state index contributed by atoms with van der Waals surface area (Å²) in [6.45, 7) is 6.73. The fraction of sp³-hybridized carbons (Fsp3) is 0.889. The van der Waals surface area contributed by atoms with Gasteiger partial charge in [0, 0.05) is 26.9 Å². The van der Waals surface area contributed by atoms with Crippen molar-refractivity contribution < 1.29 is 28.0 Å². The highest BCUT2D eigenvalue weighted by molar-refractivity contribution is 6.60. The monoisotopic (exact) mass is 267 g/mol. The number of rotatable bonds is 9. The van der Waals surface area contributed by atoms with Gasteiger partial charge in [0.15, 0.2) is 0 Å². The highest BCUT2D eigenvalue weighted by Crippen LogP contribution is 2.11. The highest BCUT2D eigenvalue weighted by atomic mass is 28.4. The molecule has 0 aliphatic heterocycles. The Labute approximate surface area is 103 Å². The molecule has 1 N–H and O–H groups in total. The zero-order valence-electron chi connectivity index (χ0n) is 10.8. The summed E-state index contributed by atoms with van der Waals surface area (Å²) in [5, 5.41) is 9.37. The molecule has 0 aromatic heterocycles. The van der Waals surface area contributed by atoms with Crippen LogP contribution in [0.5, 0.6) is 0 Å². The summed E-state index contributed by atoms with van der Waals surface area (Å²) in [7, 11) is -1.63. The van der Waals surface area contributed by atoms with E-state index in [9.17, 15) is 4.79 Å². The van der Waals surface area contributed by atoms with E-state index in [-0.39, 0.29) is 6.23 Å². The molecule has 102 valence electrons. The summed E-state index contributed by atoms with van der Waals surface area (Å²) in [6.07, 6.45) is -1.21. The SMILES string of the molecule is CCO[Si](CON(C)C(=O)O)(OCC)OCC. The number of amides is 1. The number of hydrogen-bond acceptors (Lipinski definition) is 5. The van der Waals surface area contributed by atoms with Gasteiger partial charge in [-0.05, 0) is 20.8 Å². The minimum atomic E-state index is -2.93. The number of carboxylic acid groups (broad SMARTS) is 1. The molecule has 0 spiro atoms. The van der Waals surface area contributed by atoms with Crippen LogP contribution >= 0.6 is 0 Å². The van der Waals surface area contributed by atoms with E-state index in [2.05, 4.69) is 0 Å². The first-order valence-corrected chi connectivity index (χ1v) is 7.45. The molecule has 0 aromatic rings. The van der Waals surface area contributed by atoms with Crippen molar-refractivity contribution in [2.24, 2.45) is 0 Å². The van der Waals surface area contributed by atoms with Gasteiger partial charge in [0.1, 0.15) is 6.23 Å². The van der Waals surface area contributed by atoms with Gasteiger partial charge in [0.2, 0.25) is 0 Å². The van der Waals surface area contributed by atoms with Gasteiger partial charge in [-0.1, -0.05) is 0 Å². The Kier molecular flexibility index (Phi) is 8.09. The van der Waals surface area contributed by atoms with Crippen LogP contribution in [-0.2, 0) is 18.1 Å². The number of carbonyl (C=O) groups is 1. The van der Waals surface area contributed by atoms with Crippen molar-refractivity contribution in [3.63, 3.8) is 0 Å². The van der Waals surface area contributed by atoms with Crippen molar-refractivity contribution in [1.82, 2.24) is 5.06 Å². The van der Waals surface area contributed by atoms with Gasteiger partial charge in [0.05, 0.1) is 0 Å². The molecule has 0 saturated carbocycles. The molecule has 0 rings (SSSR count). The maximum atomic E-state index is 10.6. The molecule has 17 heavy (non-hydrogen) atoms. The Bertz CT molecular complexity index is 211. The summed E-state index contributed by atoms with van der Waals surface area (Å²) in [5.74, 6) is 0. The molecule has 0 heterocycles. The Morgan fingerprint density at radius 3 is 1.82 bits per heavy atom. The first kappa shape index (κ1) is 16.3. The topological polar surface area (TPSA) is 77.5 Å². The third kappa shape index (κ3) is 5.98. The van der Waals surface area contributed by atoms with E-state index >= 15 is 0 Å². The second kappa shape index (κ2) is 8.42. The number of hydrogen-bond donors (Lipinski definition) is 1. The lowest BCUT2D eigenvalue weighted by atomic mass is 10.9. The molecule has 0 aromatic carbocycles. The first-order valence-electron chi connectivity index (χ1n) is 5.52. The van der Waals surface area contributed by atoms with Gasteiger partial charge in [-0.15, -0.1) is 0 Å². The second-order valence-corrected chi connectivity index (χ2v) is 5.56. The third-order valence-electron chi connectivity index (χ3n) is 1.80.